The van der Waals surface area contributed by atoms with Crippen molar-refractivity contribution < 1.29 is 8.91 Å². The third-order valence-corrected chi connectivity index (χ3v) is 3.71. The summed E-state index contributed by atoms with van der Waals surface area (Å²) in [6.07, 6.45) is 4.24. The van der Waals surface area contributed by atoms with Crippen molar-refractivity contribution in [2.24, 2.45) is 5.73 Å². The Labute approximate surface area is 110 Å². The van der Waals surface area contributed by atoms with Crippen molar-refractivity contribution in [3.05, 3.63) is 47.4 Å². The Morgan fingerprint density at radius 2 is 2.00 bits per heavy atom. The average molecular weight is 261 g/mol. The van der Waals surface area contributed by atoms with Crippen molar-refractivity contribution in [2.75, 3.05) is 0 Å². The molecule has 1 fully saturated rings. The molecule has 0 amide bonds. The highest BCUT2D eigenvalue weighted by Crippen LogP contribution is 2.34. The first-order valence-corrected chi connectivity index (χ1v) is 6.53. The molecule has 1 aromatic heterocycles. The van der Waals surface area contributed by atoms with Crippen LogP contribution in [0.4, 0.5) is 4.39 Å². The first-order chi connectivity index (χ1) is 9.17. The molecule has 19 heavy (non-hydrogen) atoms. The predicted molar refractivity (Wildman–Crippen MR) is 67.8 cm³/mol. The van der Waals surface area contributed by atoms with E-state index >= 15 is 0 Å². The summed E-state index contributed by atoms with van der Waals surface area (Å²) in [6, 6.07) is 6.59. The fraction of sp³-hybridized carbons (Fsp3) is 0.429. The Morgan fingerprint density at radius 3 is 2.74 bits per heavy atom. The number of benzene rings is 1. The zero-order valence-corrected chi connectivity index (χ0v) is 10.6. The van der Waals surface area contributed by atoms with Gasteiger partial charge in [0.15, 0.2) is 5.82 Å². The van der Waals surface area contributed by atoms with Crippen LogP contribution in [0.5, 0.6) is 0 Å². The summed E-state index contributed by atoms with van der Waals surface area (Å²) in [6.45, 7) is 0. The largest absolute Gasteiger partial charge is 0.339 e. The lowest BCUT2D eigenvalue weighted by molar-refractivity contribution is 0.351. The first kappa shape index (κ1) is 12.3. The van der Waals surface area contributed by atoms with Crippen molar-refractivity contribution in [2.45, 2.75) is 37.6 Å². The molecule has 0 aliphatic heterocycles. The van der Waals surface area contributed by atoms with Crippen molar-refractivity contribution in [3.8, 4) is 0 Å². The molecule has 0 bridgehead atoms. The summed E-state index contributed by atoms with van der Waals surface area (Å²) in [5.74, 6) is 0.707. The van der Waals surface area contributed by atoms with E-state index in [0.717, 1.165) is 25.7 Å². The molecule has 1 aliphatic carbocycles. The Bertz CT molecular complexity index is 576. The highest BCUT2D eigenvalue weighted by molar-refractivity contribution is 5.20. The maximum atomic E-state index is 13.5. The van der Waals surface area contributed by atoms with Gasteiger partial charge in [-0.15, -0.1) is 0 Å². The maximum absolute atomic E-state index is 13.5. The molecule has 1 aliphatic rings. The van der Waals surface area contributed by atoms with Crippen LogP contribution in [0.2, 0.25) is 0 Å². The van der Waals surface area contributed by atoms with Gasteiger partial charge >= 0.3 is 0 Å². The Kier molecular flexibility index (Phi) is 3.06. The van der Waals surface area contributed by atoms with Gasteiger partial charge in [0.1, 0.15) is 5.82 Å². The summed E-state index contributed by atoms with van der Waals surface area (Å²) in [5, 5.41) is 3.96. The minimum Gasteiger partial charge on any atom is -0.339 e. The van der Waals surface area contributed by atoms with E-state index < -0.39 is 5.54 Å². The number of rotatable bonds is 3. The van der Waals surface area contributed by atoms with E-state index in [2.05, 4.69) is 10.1 Å². The summed E-state index contributed by atoms with van der Waals surface area (Å²) in [7, 11) is 0. The summed E-state index contributed by atoms with van der Waals surface area (Å²) in [5.41, 5.74) is 6.35. The molecule has 100 valence electrons. The lowest BCUT2D eigenvalue weighted by atomic mass is 9.99. The van der Waals surface area contributed by atoms with E-state index in [1.54, 1.807) is 18.2 Å². The second-order valence-corrected chi connectivity index (χ2v) is 5.14. The molecule has 2 aromatic rings. The van der Waals surface area contributed by atoms with E-state index in [1.165, 1.54) is 6.07 Å². The van der Waals surface area contributed by atoms with Crippen LogP contribution >= 0.6 is 0 Å². The van der Waals surface area contributed by atoms with Gasteiger partial charge in [-0.2, -0.15) is 4.98 Å². The van der Waals surface area contributed by atoms with Crippen LogP contribution in [0.1, 0.15) is 43.0 Å². The third kappa shape index (κ3) is 2.38. The van der Waals surface area contributed by atoms with Gasteiger partial charge in [0.25, 0.3) is 0 Å². The molecular weight excluding hydrogens is 245 g/mol. The Morgan fingerprint density at radius 1 is 1.26 bits per heavy atom. The van der Waals surface area contributed by atoms with Crippen LogP contribution in [0.25, 0.3) is 0 Å². The molecule has 5 heteroatoms. The smallest absolute Gasteiger partial charge is 0.231 e. The fourth-order valence-electron chi connectivity index (χ4n) is 2.56. The van der Waals surface area contributed by atoms with Crippen molar-refractivity contribution >= 4 is 0 Å². The van der Waals surface area contributed by atoms with Gasteiger partial charge in [0, 0.05) is 0 Å². The van der Waals surface area contributed by atoms with Crippen molar-refractivity contribution in [1.29, 1.82) is 0 Å². The first-order valence-electron chi connectivity index (χ1n) is 6.53. The fourth-order valence-corrected chi connectivity index (χ4v) is 2.56. The molecule has 4 nitrogen and oxygen atoms in total. The third-order valence-electron chi connectivity index (χ3n) is 3.71. The molecule has 0 radical (unpaired) electrons. The zero-order chi connectivity index (χ0) is 13.3. The predicted octanol–water partition coefficient (Wildman–Crippen LogP) is 2.53. The monoisotopic (exact) mass is 261 g/mol. The summed E-state index contributed by atoms with van der Waals surface area (Å²) < 4.78 is 18.7. The maximum Gasteiger partial charge on any atom is 0.231 e. The van der Waals surface area contributed by atoms with Crippen LogP contribution in [-0.2, 0) is 12.0 Å². The summed E-state index contributed by atoms with van der Waals surface area (Å²) >= 11 is 0. The molecule has 0 spiro atoms. The SMILES string of the molecule is NC1(c2noc(Cc3ccccc3F)n2)CCCC1. The number of hydrogen-bond acceptors (Lipinski definition) is 4. The Hall–Kier alpha value is -1.75. The molecule has 3 rings (SSSR count). The van der Waals surface area contributed by atoms with Gasteiger partial charge in [0.2, 0.25) is 5.89 Å². The number of nitrogens with zero attached hydrogens (tertiary/aromatic N) is 2. The van der Waals surface area contributed by atoms with E-state index in [9.17, 15) is 4.39 Å². The molecule has 1 saturated carbocycles. The van der Waals surface area contributed by atoms with Gasteiger partial charge < -0.3 is 10.3 Å². The van der Waals surface area contributed by atoms with E-state index in [0.29, 0.717) is 23.7 Å². The van der Waals surface area contributed by atoms with Gasteiger partial charge in [-0.25, -0.2) is 4.39 Å². The number of nitrogens with two attached hydrogens (primary N) is 1. The van der Waals surface area contributed by atoms with Crippen molar-refractivity contribution in [3.63, 3.8) is 0 Å². The second-order valence-electron chi connectivity index (χ2n) is 5.14. The molecular formula is C14H16FN3O. The average Bonchev–Trinajstić information content (AvgIpc) is 3.02. The van der Waals surface area contributed by atoms with E-state index in [1.807, 2.05) is 0 Å². The zero-order valence-electron chi connectivity index (χ0n) is 10.6. The lowest BCUT2D eigenvalue weighted by Gasteiger charge is -2.17. The number of halogens is 1. The molecule has 0 atom stereocenters. The van der Waals surface area contributed by atoms with Crippen LogP contribution in [0.3, 0.4) is 0 Å². The Balaban J connectivity index is 1.80. The van der Waals surface area contributed by atoms with Gasteiger partial charge in [-0.3, -0.25) is 0 Å². The molecule has 2 N–H and O–H groups in total. The van der Waals surface area contributed by atoms with Crippen molar-refractivity contribution in [1.82, 2.24) is 10.1 Å². The van der Waals surface area contributed by atoms with Gasteiger partial charge in [-0.05, 0) is 24.5 Å². The van der Waals surface area contributed by atoms with Gasteiger partial charge in [-0.1, -0.05) is 36.2 Å². The quantitative estimate of drug-likeness (QED) is 0.922. The summed E-state index contributed by atoms with van der Waals surface area (Å²) in [4.78, 5) is 4.33. The topological polar surface area (TPSA) is 64.9 Å². The minimum absolute atomic E-state index is 0.259. The number of aromatic nitrogens is 2. The second kappa shape index (κ2) is 4.74. The standard InChI is InChI=1S/C14H16FN3O/c15-11-6-2-1-5-10(11)9-12-17-13(18-19-12)14(16)7-3-4-8-14/h1-2,5-6H,3-4,7-9,16H2. The van der Waals surface area contributed by atoms with E-state index in [-0.39, 0.29) is 5.82 Å². The molecule has 0 saturated heterocycles. The van der Waals surface area contributed by atoms with Crippen LogP contribution in [-0.4, -0.2) is 10.1 Å². The normalized spacial score (nSPS) is 17.8. The minimum atomic E-state index is -0.461. The lowest BCUT2D eigenvalue weighted by Crippen LogP contribution is -2.34. The van der Waals surface area contributed by atoms with Gasteiger partial charge in [0.05, 0.1) is 12.0 Å². The van der Waals surface area contributed by atoms with Crippen LogP contribution < -0.4 is 5.73 Å². The highest BCUT2D eigenvalue weighted by atomic mass is 19.1. The molecule has 0 unspecified atom stereocenters. The molecule has 1 aromatic carbocycles. The van der Waals surface area contributed by atoms with E-state index in [4.69, 9.17) is 10.3 Å². The highest BCUT2D eigenvalue weighted by Gasteiger charge is 2.35. The molecule has 1 heterocycles. The number of hydrogen-bond donors (Lipinski definition) is 1. The van der Waals surface area contributed by atoms with Crippen LogP contribution in [0, 0.1) is 5.82 Å². The van der Waals surface area contributed by atoms with Crippen LogP contribution in [0.15, 0.2) is 28.8 Å².